The topological polar surface area (TPSA) is 78.7 Å². The van der Waals surface area contributed by atoms with Crippen LogP contribution >= 0.6 is 24.0 Å². The van der Waals surface area contributed by atoms with E-state index in [0.717, 1.165) is 0 Å². The highest BCUT2D eigenvalue weighted by molar-refractivity contribution is 6.33. The van der Waals surface area contributed by atoms with Gasteiger partial charge in [0, 0.05) is 39.1 Å². The van der Waals surface area contributed by atoms with Crippen molar-refractivity contribution < 1.29 is 9.59 Å². The van der Waals surface area contributed by atoms with Gasteiger partial charge in [-0.15, -0.1) is 12.4 Å². The van der Waals surface area contributed by atoms with Crippen molar-refractivity contribution in [3.05, 3.63) is 29.3 Å². The molecule has 0 spiro atoms. The Kier molecular flexibility index (Phi) is 8.33. The van der Waals surface area contributed by atoms with Gasteiger partial charge in [0.05, 0.1) is 17.3 Å². The van der Waals surface area contributed by atoms with Gasteiger partial charge in [-0.2, -0.15) is 0 Å². The first-order valence-electron chi connectivity index (χ1n) is 7.34. The van der Waals surface area contributed by atoms with E-state index in [9.17, 15) is 9.59 Å². The molecule has 0 aliphatic carbocycles. The number of anilines is 1. The lowest BCUT2D eigenvalue weighted by atomic mass is 10.2. The number of nitrogens with zero attached hydrogens (tertiary/aromatic N) is 2. The zero-order chi connectivity index (χ0) is 15.9. The number of carbonyl (C=O) groups excluding carboxylic acids is 2. The van der Waals surface area contributed by atoms with Crippen LogP contribution in [0.2, 0.25) is 5.02 Å². The molecule has 1 fully saturated rings. The molecule has 1 saturated heterocycles. The molecule has 2 amide bonds. The largest absolute Gasteiger partial charge is 0.340 e. The SMILES string of the molecule is Cl.NCCC(=O)N1CCN(CC(=O)Nc2ccccc2Cl)CC1. The van der Waals surface area contributed by atoms with Crippen LogP contribution in [-0.4, -0.2) is 60.9 Å². The Hall–Kier alpha value is -1.34. The lowest BCUT2D eigenvalue weighted by Gasteiger charge is -2.34. The van der Waals surface area contributed by atoms with Gasteiger partial charge in [-0.25, -0.2) is 0 Å². The van der Waals surface area contributed by atoms with Gasteiger partial charge in [0.15, 0.2) is 0 Å². The van der Waals surface area contributed by atoms with Crippen LogP contribution in [0.25, 0.3) is 0 Å². The summed E-state index contributed by atoms with van der Waals surface area (Å²) in [5.41, 5.74) is 6.01. The van der Waals surface area contributed by atoms with E-state index in [1.54, 1.807) is 17.0 Å². The van der Waals surface area contributed by atoms with Crippen LogP contribution < -0.4 is 11.1 Å². The summed E-state index contributed by atoms with van der Waals surface area (Å²) in [5, 5.41) is 3.32. The first-order valence-corrected chi connectivity index (χ1v) is 7.72. The average molecular weight is 361 g/mol. The van der Waals surface area contributed by atoms with Crippen LogP contribution in [0.4, 0.5) is 5.69 Å². The third-order valence-electron chi connectivity index (χ3n) is 3.60. The molecular formula is C15H22Cl2N4O2. The van der Waals surface area contributed by atoms with Crippen molar-refractivity contribution in [2.75, 3.05) is 44.6 Å². The predicted octanol–water partition coefficient (Wildman–Crippen LogP) is 1.19. The Balaban J connectivity index is 0.00000264. The van der Waals surface area contributed by atoms with Gasteiger partial charge in [0.1, 0.15) is 0 Å². The Morgan fingerprint density at radius 2 is 1.83 bits per heavy atom. The molecule has 1 heterocycles. The van der Waals surface area contributed by atoms with Crippen molar-refractivity contribution in [1.82, 2.24) is 9.80 Å². The Morgan fingerprint density at radius 3 is 2.43 bits per heavy atom. The molecule has 0 unspecified atom stereocenters. The van der Waals surface area contributed by atoms with Crippen LogP contribution in [0.1, 0.15) is 6.42 Å². The minimum Gasteiger partial charge on any atom is -0.340 e. The highest BCUT2D eigenvalue weighted by Gasteiger charge is 2.21. The number of carbonyl (C=O) groups is 2. The molecule has 0 aromatic heterocycles. The predicted molar refractivity (Wildman–Crippen MR) is 94.0 cm³/mol. The molecule has 128 valence electrons. The molecule has 1 aliphatic heterocycles. The van der Waals surface area contributed by atoms with Crippen molar-refractivity contribution in [3.63, 3.8) is 0 Å². The van der Waals surface area contributed by atoms with E-state index >= 15 is 0 Å². The second kappa shape index (κ2) is 9.72. The molecule has 0 bridgehead atoms. The number of benzene rings is 1. The second-order valence-electron chi connectivity index (χ2n) is 5.22. The Morgan fingerprint density at radius 1 is 1.17 bits per heavy atom. The van der Waals surface area contributed by atoms with Gasteiger partial charge in [-0.3, -0.25) is 14.5 Å². The fourth-order valence-corrected chi connectivity index (χ4v) is 2.58. The van der Waals surface area contributed by atoms with E-state index in [1.165, 1.54) is 0 Å². The van der Waals surface area contributed by atoms with Crippen molar-refractivity contribution in [2.24, 2.45) is 5.73 Å². The minimum absolute atomic E-state index is 0. The summed E-state index contributed by atoms with van der Waals surface area (Å²) in [5.74, 6) is -0.0162. The number of hydrogen-bond donors (Lipinski definition) is 2. The van der Waals surface area contributed by atoms with Crippen molar-refractivity contribution >= 4 is 41.5 Å². The number of halogens is 2. The van der Waals surface area contributed by atoms with E-state index in [0.29, 0.717) is 56.4 Å². The third-order valence-corrected chi connectivity index (χ3v) is 3.93. The number of piperazine rings is 1. The van der Waals surface area contributed by atoms with E-state index in [2.05, 4.69) is 5.32 Å². The molecule has 6 nitrogen and oxygen atoms in total. The summed E-state index contributed by atoms with van der Waals surface area (Å²) < 4.78 is 0. The van der Waals surface area contributed by atoms with Gasteiger partial charge >= 0.3 is 0 Å². The second-order valence-corrected chi connectivity index (χ2v) is 5.63. The van der Waals surface area contributed by atoms with Crippen molar-refractivity contribution in [1.29, 1.82) is 0 Å². The molecular weight excluding hydrogens is 339 g/mol. The summed E-state index contributed by atoms with van der Waals surface area (Å²) in [6, 6.07) is 7.14. The molecule has 0 atom stereocenters. The maximum absolute atomic E-state index is 12.0. The maximum Gasteiger partial charge on any atom is 0.238 e. The molecule has 1 aromatic carbocycles. The number of nitrogens with two attached hydrogens (primary N) is 1. The summed E-state index contributed by atoms with van der Waals surface area (Å²) in [7, 11) is 0. The number of amides is 2. The molecule has 1 aliphatic rings. The molecule has 23 heavy (non-hydrogen) atoms. The summed E-state index contributed by atoms with van der Waals surface area (Å²) >= 11 is 6.01. The standard InChI is InChI=1S/C15H21ClN4O2.ClH/c16-12-3-1-2-4-13(12)18-14(21)11-19-7-9-20(10-8-19)15(22)5-6-17;/h1-4H,5-11,17H2,(H,18,21);1H. The van der Waals surface area contributed by atoms with Gasteiger partial charge in [-0.1, -0.05) is 23.7 Å². The molecule has 3 N–H and O–H groups in total. The smallest absolute Gasteiger partial charge is 0.238 e. The normalized spacial score (nSPS) is 15.0. The van der Waals surface area contributed by atoms with Gasteiger partial charge in [0.25, 0.3) is 0 Å². The summed E-state index contributed by atoms with van der Waals surface area (Å²) in [6.07, 6.45) is 0.382. The Bertz CT molecular complexity index is 534. The average Bonchev–Trinajstić information content (AvgIpc) is 2.50. The first kappa shape index (κ1) is 19.7. The lowest BCUT2D eigenvalue weighted by molar-refractivity contribution is -0.132. The highest BCUT2D eigenvalue weighted by atomic mass is 35.5. The molecule has 0 saturated carbocycles. The quantitative estimate of drug-likeness (QED) is 0.826. The molecule has 0 radical (unpaired) electrons. The zero-order valence-electron chi connectivity index (χ0n) is 12.8. The van der Waals surface area contributed by atoms with E-state index in [-0.39, 0.29) is 24.2 Å². The number of hydrogen-bond acceptors (Lipinski definition) is 4. The van der Waals surface area contributed by atoms with E-state index in [4.69, 9.17) is 17.3 Å². The molecule has 2 rings (SSSR count). The number of rotatable bonds is 5. The van der Waals surface area contributed by atoms with Crippen molar-refractivity contribution in [2.45, 2.75) is 6.42 Å². The summed E-state index contributed by atoms with van der Waals surface area (Å²) in [4.78, 5) is 27.6. The monoisotopic (exact) mass is 360 g/mol. The van der Waals surface area contributed by atoms with Crippen LogP contribution in [0.5, 0.6) is 0 Å². The number of para-hydroxylation sites is 1. The maximum atomic E-state index is 12.0. The summed E-state index contributed by atoms with van der Waals surface area (Å²) in [6.45, 7) is 3.32. The van der Waals surface area contributed by atoms with Crippen molar-refractivity contribution in [3.8, 4) is 0 Å². The fraction of sp³-hybridized carbons (Fsp3) is 0.467. The van der Waals surface area contributed by atoms with Gasteiger partial charge < -0.3 is 16.0 Å². The number of nitrogens with one attached hydrogen (secondary N) is 1. The van der Waals surface area contributed by atoms with Gasteiger partial charge in [-0.05, 0) is 12.1 Å². The highest BCUT2D eigenvalue weighted by Crippen LogP contribution is 2.20. The van der Waals surface area contributed by atoms with Crippen LogP contribution in [-0.2, 0) is 9.59 Å². The third kappa shape index (κ3) is 5.99. The molecule has 1 aromatic rings. The van der Waals surface area contributed by atoms with Gasteiger partial charge in [0.2, 0.25) is 11.8 Å². The minimum atomic E-state index is -0.102. The van der Waals surface area contributed by atoms with E-state index in [1.807, 2.05) is 17.0 Å². The zero-order valence-corrected chi connectivity index (χ0v) is 14.4. The first-order chi connectivity index (χ1) is 10.6. The lowest BCUT2D eigenvalue weighted by Crippen LogP contribution is -2.50. The van der Waals surface area contributed by atoms with Crippen LogP contribution in [0.3, 0.4) is 0 Å². The Labute approximate surface area is 147 Å². The van der Waals surface area contributed by atoms with Crippen LogP contribution in [0.15, 0.2) is 24.3 Å². The van der Waals surface area contributed by atoms with E-state index < -0.39 is 0 Å². The fourth-order valence-electron chi connectivity index (χ4n) is 2.39. The van der Waals surface area contributed by atoms with Crippen LogP contribution in [0, 0.1) is 0 Å². The molecule has 8 heteroatoms.